The lowest BCUT2D eigenvalue weighted by molar-refractivity contribution is 0.0982. The third-order valence-electron chi connectivity index (χ3n) is 4.11. The molecule has 0 amide bonds. The van der Waals surface area contributed by atoms with E-state index in [1.165, 1.54) is 12.8 Å². The number of fused-ring (bicyclic) bond motifs is 1. The molecule has 104 valence electrons. The van der Waals surface area contributed by atoms with Crippen molar-refractivity contribution in [3.05, 3.63) is 35.2 Å². The Hall–Kier alpha value is -1.91. The monoisotopic (exact) mass is 271 g/mol. The van der Waals surface area contributed by atoms with Crippen LogP contribution in [0.2, 0.25) is 0 Å². The van der Waals surface area contributed by atoms with E-state index in [4.69, 9.17) is 4.52 Å². The van der Waals surface area contributed by atoms with Gasteiger partial charge in [-0.25, -0.2) is 0 Å². The highest BCUT2D eigenvalue weighted by Gasteiger charge is 2.28. The standard InChI is InChI=1S/C15H17N3O2/c19-13-4-2-1-3-11-7-18(8-12(11)13)9-14-16-15(17-20-14)10-5-6-10/h7-8,10H,1-6,9H2. The van der Waals surface area contributed by atoms with Crippen LogP contribution in [0.3, 0.4) is 0 Å². The molecule has 20 heavy (non-hydrogen) atoms. The van der Waals surface area contributed by atoms with E-state index in [2.05, 4.69) is 16.3 Å². The van der Waals surface area contributed by atoms with Crippen LogP contribution in [0.25, 0.3) is 0 Å². The minimum absolute atomic E-state index is 0.264. The van der Waals surface area contributed by atoms with E-state index >= 15 is 0 Å². The first kappa shape index (κ1) is 11.9. The second kappa shape index (κ2) is 4.58. The zero-order valence-electron chi connectivity index (χ0n) is 11.3. The molecule has 1 saturated carbocycles. The number of nitrogens with zero attached hydrogens (tertiary/aromatic N) is 3. The van der Waals surface area contributed by atoms with Gasteiger partial charge in [-0.15, -0.1) is 0 Å². The molecule has 2 aliphatic carbocycles. The summed E-state index contributed by atoms with van der Waals surface area (Å²) in [6, 6.07) is 0. The van der Waals surface area contributed by atoms with Crippen molar-refractivity contribution in [3.63, 3.8) is 0 Å². The Balaban J connectivity index is 1.56. The van der Waals surface area contributed by atoms with Gasteiger partial charge >= 0.3 is 0 Å². The van der Waals surface area contributed by atoms with Crippen molar-refractivity contribution in [2.45, 2.75) is 51.0 Å². The first-order valence-electron chi connectivity index (χ1n) is 7.34. The smallest absolute Gasteiger partial charge is 0.246 e. The molecule has 0 unspecified atom stereocenters. The molecule has 5 heteroatoms. The summed E-state index contributed by atoms with van der Waals surface area (Å²) in [5.74, 6) is 2.24. The number of hydrogen-bond donors (Lipinski definition) is 0. The summed E-state index contributed by atoms with van der Waals surface area (Å²) >= 11 is 0. The minimum atomic E-state index is 0.264. The van der Waals surface area contributed by atoms with Crippen LogP contribution in [0.15, 0.2) is 16.9 Å². The number of carbonyl (C=O) groups is 1. The van der Waals surface area contributed by atoms with Gasteiger partial charge in [-0.1, -0.05) is 5.16 Å². The van der Waals surface area contributed by atoms with Crippen molar-refractivity contribution in [1.82, 2.24) is 14.7 Å². The van der Waals surface area contributed by atoms with Gasteiger partial charge in [0.15, 0.2) is 11.6 Å². The predicted octanol–water partition coefficient (Wildman–Crippen LogP) is 2.71. The van der Waals surface area contributed by atoms with E-state index in [1.807, 2.05) is 10.8 Å². The van der Waals surface area contributed by atoms with Crippen LogP contribution < -0.4 is 0 Å². The number of hydrogen-bond acceptors (Lipinski definition) is 4. The van der Waals surface area contributed by atoms with Gasteiger partial charge in [0.2, 0.25) is 5.89 Å². The molecule has 0 saturated heterocycles. The highest BCUT2D eigenvalue weighted by molar-refractivity contribution is 5.97. The molecular formula is C15H17N3O2. The second-order valence-electron chi connectivity index (χ2n) is 5.82. The van der Waals surface area contributed by atoms with Crippen molar-refractivity contribution in [2.24, 2.45) is 0 Å². The Bertz CT molecular complexity index is 652. The number of aromatic nitrogens is 3. The van der Waals surface area contributed by atoms with Gasteiger partial charge < -0.3 is 9.09 Å². The Labute approximate surface area is 117 Å². The largest absolute Gasteiger partial charge is 0.344 e. The Morgan fingerprint density at radius 2 is 2.10 bits per heavy atom. The molecule has 1 fully saturated rings. The fourth-order valence-corrected chi connectivity index (χ4v) is 2.83. The van der Waals surface area contributed by atoms with E-state index in [0.717, 1.165) is 36.2 Å². The normalized spacial score (nSPS) is 18.9. The lowest BCUT2D eigenvalue weighted by atomic mass is 10.1. The summed E-state index contributed by atoms with van der Waals surface area (Å²) in [6.07, 6.45) is 10.1. The number of Topliss-reactive ketones (excluding diaryl/α,β-unsaturated/α-hetero) is 1. The van der Waals surface area contributed by atoms with Crippen LogP contribution >= 0.6 is 0 Å². The molecule has 0 bridgehead atoms. The Morgan fingerprint density at radius 3 is 2.95 bits per heavy atom. The molecule has 2 heterocycles. The molecule has 0 spiro atoms. The van der Waals surface area contributed by atoms with Crippen molar-refractivity contribution >= 4 is 5.78 Å². The van der Waals surface area contributed by atoms with E-state index in [0.29, 0.717) is 24.8 Å². The van der Waals surface area contributed by atoms with Gasteiger partial charge in [0.05, 0.1) is 0 Å². The summed E-state index contributed by atoms with van der Waals surface area (Å²) in [6.45, 7) is 0.556. The maximum absolute atomic E-state index is 12.0. The third kappa shape index (κ3) is 2.17. The van der Waals surface area contributed by atoms with E-state index in [9.17, 15) is 4.79 Å². The van der Waals surface area contributed by atoms with Crippen molar-refractivity contribution in [2.75, 3.05) is 0 Å². The predicted molar refractivity (Wildman–Crippen MR) is 71.7 cm³/mol. The highest BCUT2D eigenvalue weighted by atomic mass is 16.5. The fourth-order valence-electron chi connectivity index (χ4n) is 2.83. The van der Waals surface area contributed by atoms with Gasteiger partial charge in [0, 0.05) is 30.3 Å². The summed E-state index contributed by atoms with van der Waals surface area (Å²) in [5, 5.41) is 4.02. The maximum atomic E-state index is 12.0. The number of ketones is 1. The van der Waals surface area contributed by atoms with Crippen LogP contribution in [0.1, 0.15) is 65.7 Å². The van der Waals surface area contributed by atoms with Crippen molar-refractivity contribution in [3.8, 4) is 0 Å². The molecule has 2 aliphatic rings. The summed E-state index contributed by atoms with van der Waals surface area (Å²) in [4.78, 5) is 16.4. The van der Waals surface area contributed by atoms with Crippen molar-refractivity contribution in [1.29, 1.82) is 0 Å². The first-order chi connectivity index (χ1) is 9.79. The quantitative estimate of drug-likeness (QED) is 0.805. The molecule has 4 rings (SSSR count). The van der Waals surface area contributed by atoms with Gasteiger partial charge in [-0.3, -0.25) is 4.79 Å². The Morgan fingerprint density at radius 1 is 1.25 bits per heavy atom. The topological polar surface area (TPSA) is 60.9 Å². The van der Waals surface area contributed by atoms with Crippen LogP contribution in [-0.2, 0) is 13.0 Å². The van der Waals surface area contributed by atoms with Gasteiger partial charge in [0.25, 0.3) is 0 Å². The fraction of sp³-hybridized carbons (Fsp3) is 0.533. The average molecular weight is 271 g/mol. The van der Waals surface area contributed by atoms with E-state index in [1.54, 1.807) is 0 Å². The van der Waals surface area contributed by atoms with Gasteiger partial charge in [0.1, 0.15) is 6.54 Å². The molecule has 0 aliphatic heterocycles. The zero-order valence-corrected chi connectivity index (χ0v) is 11.3. The lowest BCUT2D eigenvalue weighted by Crippen LogP contribution is -1.99. The van der Waals surface area contributed by atoms with Gasteiger partial charge in [-0.05, 0) is 37.7 Å². The van der Waals surface area contributed by atoms with Gasteiger partial charge in [-0.2, -0.15) is 4.98 Å². The number of rotatable bonds is 3. The van der Waals surface area contributed by atoms with Crippen molar-refractivity contribution < 1.29 is 9.32 Å². The SMILES string of the molecule is O=C1CCCCc2cn(Cc3nc(C4CC4)no3)cc21. The second-order valence-corrected chi connectivity index (χ2v) is 5.82. The molecule has 0 aromatic carbocycles. The lowest BCUT2D eigenvalue weighted by Gasteiger charge is -1.97. The summed E-state index contributed by atoms with van der Waals surface area (Å²) in [7, 11) is 0. The average Bonchev–Trinajstić information content (AvgIpc) is 3.10. The number of carbonyl (C=O) groups excluding carboxylic acids is 1. The molecular weight excluding hydrogens is 254 g/mol. The maximum Gasteiger partial charge on any atom is 0.246 e. The van der Waals surface area contributed by atoms with Crippen LogP contribution in [-0.4, -0.2) is 20.5 Å². The molecule has 0 atom stereocenters. The number of aryl methyl sites for hydroxylation is 1. The third-order valence-corrected chi connectivity index (χ3v) is 4.11. The van der Waals surface area contributed by atoms with Crippen LogP contribution in [0, 0.1) is 0 Å². The Kier molecular flexibility index (Phi) is 2.72. The summed E-state index contributed by atoms with van der Waals surface area (Å²) in [5.41, 5.74) is 2.04. The molecule has 2 aromatic rings. The molecule has 5 nitrogen and oxygen atoms in total. The molecule has 0 N–H and O–H groups in total. The zero-order chi connectivity index (χ0) is 13.5. The van der Waals surface area contributed by atoms with E-state index < -0.39 is 0 Å². The summed E-state index contributed by atoms with van der Waals surface area (Å²) < 4.78 is 7.28. The molecule has 0 radical (unpaired) electrons. The van der Waals surface area contributed by atoms with E-state index in [-0.39, 0.29) is 5.78 Å². The highest BCUT2D eigenvalue weighted by Crippen LogP contribution is 2.38. The molecule has 2 aromatic heterocycles. The van der Waals surface area contributed by atoms with Crippen LogP contribution in [0.5, 0.6) is 0 Å². The minimum Gasteiger partial charge on any atom is -0.344 e. The van der Waals surface area contributed by atoms with Crippen LogP contribution in [0.4, 0.5) is 0 Å². The first-order valence-corrected chi connectivity index (χ1v) is 7.34.